The maximum atomic E-state index is 12.4. The molecule has 30 heavy (non-hydrogen) atoms. The summed E-state index contributed by atoms with van der Waals surface area (Å²) in [7, 11) is 1.84. The van der Waals surface area contributed by atoms with E-state index in [1.165, 1.54) is 11.8 Å². The minimum atomic E-state index is -1.07. The van der Waals surface area contributed by atoms with Crippen LogP contribution in [0.3, 0.4) is 0 Å². The average molecular weight is 442 g/mol. The second-order valence-electron chi connectivity index (χ2n) is 6.65. The minimum Gasteiger partial charge on any atom is -0.480 e. The van der Waals surface area contributed by atoms with Crippen LogP contribution in [0.5, 0.6) is 0 Å². The Hall–Kier alpha value is -3.11. The lowest BCUT2D eigenvalue weighted by Crippen LogP contribution is -2.43. The Morgan fingerprint density at radius 1 is 1.27 bits per heavy atom. The lowest BCUT2D eigenvalue weighted by Gasteiger charge is -2.14. The number of fused-ring (bicyclic) bond motifs is 1. The highest BCUT2D eigenvalue weighted by Crippen LogP contribution is 2.26. The fraction of sp³-hybridized carbons (Fsp3) is 0.200. The SMILES string of the molecule is Cn1c(SCC(=O)N[C@@H](Cc2c[nH]c3ccccc23)C(=O)O)nnc1-c1cccs1. The van der Waals surface area contributed by atoms with Crippen LogP contribution in [0.4, 0.5) is 0 Å². The van der Waals surface area contributed by atoms with Crippen LogP contribution in [-0.4, -0.2) is 48.5 Å². The van der Waals surface area contributed by atoms with E-state index in [-0.39, 0.29) is 18.1 Å². The number of aromatic amines is 1. The molecule has 1 amide bonds. The lowest BCUT2D eigenvalue weighted by atomic mass is 10.1. The van der Waals surface area contributed by atoms with Crippen LogP contribution in [0.2, 0.25) is 0 Å². The van der Waals surface area contributed by atoms with Gasteiger partial charge in [-0.25, -0.2) is 4.79 Å². The number of amides is 1. The molecule has 0 unspecified atom stereocenters. The van der Waals surface area contributed by atoms with Crippen LogP contribution in [-0.2, 0) is 23.1 Å². The summed E-state index contributed by atoms with van der Waals surface area (Å²) >= 11 is 2.78. The smallest absolute Gasteiger partial charge is 0.326 e. The quantitative estimate of drug-likeness (QED) is 0.363. The second kappa shape index (κ2) is 8.72. The molecule has 3 heterocycles. The fourth-order valence-electron chi connectivity index (χ4n) is 3.15. The van der Waals surface area contributed by atoms with Crippen molar-refractivity contribution >= 4 is 45.9 Å². The van der Waals surface area contributed by atoms with Crippen molar-refractivity contribution in [3.63, 3.8) is 0 Å². The number of para-hydroxylation sites is 1. The summed E-state index contributed by atoms with van der Waals surface area (Å²) < 4.78 is 1.82. The molecule has 3 N–H and O–H groups in total. The van der Waals surface area contributed by atoms with Gasteiger partial charge < -0.3 is 20.0 Å². The number of thioether (sulfide) groups is 1. The van der Waals surface area contributed by atoms with E-state index in [4.69, 9.17) is 0 Å². The molecule has 0 aliphatic heterocycles. The van der Waals surface area contributed by atoms with Crippen LogP contribution >= 0.6 is 23.1 Å². The number of H-pyrrole nitrogens is 1. The number of aliphatic carboxylic acids is 1. The maximum absolute atomic E-state index is 12.4. The molecule has 0 spiro atoms. The van der Waals surface area contributed by atoms with E-state index in [0.717, 1.165) is 27.2 Å². The number of hydrogen-bond donors (Lipinski definition) is 3. The predicted molar refractivity (Wildman–Crippen MR) is 117 cm³/mol. The van der Waals surface area contributed by atoms with Crippen molar-refractivity contribution in [1.82, 2.24) is 25.1 Å². The molecule has 10 heteroatoms. The Labute approximate surface area is 180 Å². The van der Waals surface area contributed by atoms with Gasteiger partial charge in [0.25, 0.3) is 0 Å². The van der Waals surface area contributed by atoms with Gasteiger partial charge in [-0.15, -0.1) is 21.5 Å². The van der Waals surface area contributed by atoms with Crippen molar-refractivity contribution in [3.8, 4) is 10.7 Å². The number of aromatic nitrogens is 4. The third-order valence-electron chi connectivity index (χ3n) is 4.64. The van der Waals surface area contributed by atoms with Crippen molar-refractivity contribution in [2.75, 3.05) is 5.75 Å². The van der Waals surface area contributed by atoms with Crippen LogP contribution in [0.15, 0.2) is 53.1 Å². The van der Waals surface area contributed by atoms with Gasteiger partial charge in [-0.1, -0.05) is 36.0 Å². The molecule has 4 aromatic rings. The van der Waals surface area contributed by atoms with Gasteiger partial charge in [0.2, 0.25) is 5.91 Å². The molecule has 0 saturated heterocycles. The van der Waals surface area contributed by atoms with E-state index in [2.05, 4.69) is 20.5 Å². The number of carbonyl (C=O) groups is 2. The summed E-state index contributed by atoms with van der Waals surface area (Å²) in [6.45, 7) is 0. The first-order valence-corrected chi connectivity index (χ1v) is 11.0. The number of carboxylic acids is 1. The van der Waals surface area contributed by atoms with Crippen molar-refractivity contribution in [2.24, 2.45) is 7.05 Å². The normalized spacial score (nSPS) is 12.2. The molecule has 0 aliphatic carbocycles. The van der Waals surface area contributed by atoms with Crippen molar-refractivity contribution in [1.29, 1.82) is 0 Å². The van der Waals surface area contributed by atoms with E-state index in [0.29, 0.717) is 5.16 Å². The molecule has 3 aromatic heterocycles. The monoisotopic (exact) mass is 441 g/mol. The molecular weight excluding hydrogens is 422 g/mol. The Morgan fingerprint density at radius 3 is 2.87 bits per heavy atom. The predicted octanol–water partition coefficient (Wildman–Crippen LogP) is 2.93. The first-order chi connectivity index (χ1) is 14.5. The van der Waals surface area contributed by atoms with Gasteiger partial charge >= 0.3 is 5.97 Å². The van der Waals surface area contributed by atoms with Gasteiger partial charge in [-0.05, 0) is 23.1 Å². The first kappa shape index (κ1) is 20.2. The molecule has 1 aromatic carbocycles. The molecule has 0 saturated carbocycles. The van der Waals surface area contributed by atoms with Crippen LogP contribution in [0.1, 0.15) is 5.56 Å². The summed E-state index contributed by atoms with van der Waals surface area (Å²) in [4.78, 5) is 28.2. The zero-order chi connectivity index (χ0) is 21.1. The van der Waals surface area contributed by atoms with Crippen LogP contribution in [0, 0.1) is 0 Å². The lowest BCUT2D eigenvalue weighted by molar-refractivity contribution is -0.141. The highest BCUT2D eigenvalue weighted by atomic mass is 32.2. The standard InChI is InChI=1S/C20H19N5O3S2/c1-25-18(16-7-4-8-29-16)23-24-20(25)30-11-17(26)22-15(19(27)28)9-12-10-21-14-6-3-2-5-13(12)14/h2-8,10,15,21H,9,11H2,1H3,(H,22,26)(H,27,28)/t15-/m0/s1. The summed E-state index contributed by atoms with van der Waals surface area (Å²) in [5.74, 6) is -0.658. The van der Waals surface area contributed by atoms with Gasteiger partial charge in [0.1, 0.15) is 6.04 Å². The Balaban J connectivity index is 1.39. The number of nitrogens with zero attached hydrogens (tertiary/aromatic N) is 3. The van der Waals surface area contributed by atoms with E-state index in [1.54, 1.807) is 17.5 Å². The molecule has 4 rings (SSSR count). The third-order valence-corrected chi connectivity index (χ3v) is 6.53. The molecule has 8 nitrogen and oxygen atoms in total. The average Bonchev–Trinajstić information content (AvgIpc) is 3.46. The Kier molecular flexibility index (Phi) is 5.86. The third kappa shape index (κ3) is 4.24. The summed E-state index contributed by atoms with van der Waals surface area (Å²) in [5.41, 5.74) is 1.78. The van der Waals surface area contributed by atoms with Crippen molar-refractivity contribution in [2.45, 2.75) is 17.6 Å². The Morgan fingerprint density at radius 2 is 2.10 bits per heavy atom. The largest absolute Gasteiger partial charge is 0.480 e. The summed E-state index contributed by atoms with van der Waals surface area (Å²) in [6.07, 6.45) is 1.98. The van der Waals surface area contributed by atoms with Gasteiger partial charge in [0.05, 0.1) is 10.6 Å². The van der Waals surface area contributed by atoms with E-state index < -0.39 is 12.0 Å². The number of carboxylic acid groups (broad SMARTS) is 1. The molecule has 0 fully saturated rings. The summed E-state index contributed by atoms with van der Waals surface area (Å²) in [5, 5.41) is 24.0. The number of nitrogens with one attached hydrogen (secondary N) is 2. The van der Waals surface area contributed by atoms with E-state index in [1.807, 2.05) is 53.4 Å². The van der Waals surface area contributed by atoms with E-state index >= 15 is 0 Å². The summed E-state index contributed by atoms with van der Waals surface area (Å²) in [6, 6.07) is 10.5. The maximum Gasteiger partial charge on any atom is 0.326 e. The molecular formula is C20H19N5O3S2. The number of benzene rings is 1. The minimum absolute atomic E-state index is 0.0497. The van der Waals surface area contributed by atoms with Crippen LogP contribution in [0.25, 0.3) is 21.6 Å². The van der Waals surface area contributed by atoms with Gasteiger partial charge in [-0.3, -0.25) is 4.79 Å². The molecule has 0 aliphatic rings. The molecule has 0 radical (unpaired) electrons. The highest BCUT2D eigenvalue weighted by Gasteiger charge is 2.22. The van der Waals surface area contributed by atoms with Gasteiger partial charge in [0, 0.05) is 30.6 Å². The topological polar surface area (TPSA) is 113 Å². The number of hydrogen-bond acceptors (Lipinski definition) is 6. The van der Waals surface area contributed by atoms with Gasteiger partial charge in [-0.2, -0.15) is 0 Å². The molecule has 154 valence electrons. The fourth-order valence-corrected chi connectivity index (χ4v) is 4.61. The van der Waals surface area contributed by atoms with Gasteiger partial charge in [0.15, 0.2) is 11.0 Å². The molecule has 1 atom stereocenters. The van der Waals surface area contributed by atoms with Crippen molar-refractivity contribution < 1.29 is 14.7 Å². The number of carbonyl (C=O) groups excluding carboxylic acids is 1. The number of rotatable bonds is 8. The molecule has 0 bridgehead atoms. The first-order valence-electron chi connectivity index (χ1n) is 9.16. The van der Waals surface area contributed by atoms with E-state index in [9.17, 15) is 14.7 Å². The number of thiophene rings is 1. The van der Waals surface area contributed by atoms with Crippen molar-refractivity contribution in [3.05, 3.63) is 53.5 Å². The highest BCUT2D eigenvalue weighted by molar-refractivity contribution is 7.99. The zero-order valence-electron chi connectivity index (χ0n) is 16.0. The van der Waals surface area contributed by atoms with Crippen LogP contribution < -0.4 is 5.32 Å². The Bertz CT molecular complexity index is 1180. The zero-order valence-corrected chi connectivity index (χ0v) is 17.7. The second-order valence-corrected chi connectivity index (χ2v) is 8.54.